The Labute approximate surface area is 155 Å². The Morgan fingerprint density at radius 2 is 1.37 bits per heavy atom. The standard InChI is InChI=1S/C20H15F3O3S/c1-14-12-13-17(27(24,25)26-16-10-6-3-7-11-16)18(19(14)20(21,22)23)15-8-4-2-5-9-15/h2-13H,1H3. The van der Waals surface area contributed by atoms with Crippen molar-refractivity contribution < 1.29 is 25.8 Å². The van der Waals surface area contributed by atoms with Crippen LogP contribution in [0.5, 0.6) is 5.75 Å². The molecular weight excluding hydrogens is 377 g/mol. The average molecular weight is 392 g/mol. The highest BCUT2D eigenvalue weighted by Crippen LogP contribution is 2.43. The van der Waals surface area contributed by atoms with E-state index >= 15 is 0 Å². The van der Waals surface area contributed by atoms with Crippen LogP contribution in [0.1, 0.15) is 11.1 Å². The van der Waals surface area contributed by atoms with Crippen LogP contribution < -0.4 is 4.18 Å². The van der Waals surface area contributed by atoms with Crippen LogP contribution in [0.3, 0.4) is 0 Å². The Bertz CT molecular complexity index is 1050. The third-order valence-corrected chi connectivity index (χ3v) is 5.23. The first-order chi connectivity index (χ1) is 12.7. The summed E-state index contributed by atoms with van der Waals surface area (Å²) in [5.41, 5.74) is -1.34. The lowest BCUT2D eigenvalue weighted by Gasteiger charge is -2.19. The minimum absolute atomic E-state index is 0.0191. The summed E-state index contributed by atoms with van der Waals surface area (Å²) in [6.45, 7) is 1.30. The molecule has 0 amide bonds. The first kappa shape index (κ1) is 19.0. The lowest BCUT2D eigenvalue weighted by Crippen LogP contribution is -2.16. The lowest BCUT2D eigenvalue weighted by molar-refractivity contribution is -0.137. The Balaban J connectivity index is 2.27. The summed E-state index contributed by atoms with van der Waals surface area (Å²) in [4.78, 5) is -0.532. The minimum Gasteiger partial charge on any atom is -0.379 e. The van der Waals surface area contributed by atoms with Gasteiger partial charge in [-0.15, -0.1) is 0 Å². The molecule has 3 nitrogen and oxygen atoms in total. The topological polar surface area (TPSA) is 43.4 Å². The van der Waals surface area contributed by atoms with Gasteiger partial charge in [0.25, 0.3) is 0 Å². The normalized spacial score (nSPS) is 12.0. The zero-order chi connectivity index (χ0) is 19.7. The predicted octanol–water partition coefficient (Wildman–Crippen LogP) is 5.45. The molecule has 0 aliphatic heterocycles. The van der Waals surface area contributed by atoms with Crippen molar-refractivity contribution >= 4 is 10.1 Å². The maximum absolute atomic E-state index is 13.8. The Morgan fingerprint density at radius 3 is 1.93 bits per heavy atom. The number of hydrogen-bond donors (Lipinski definition) is 0. The van der Waals surface area contributed by atoms with Gasteiger partial charge < -0.3 is 4.18 Å². The highest BCUT2D eigenvalue weighted by molar-refractivity contribution is 7.87. The molecule has 3 aromatic rings. The van der Waals surface area contributed by atoms with Gasteiger partial charge in [-0.25, -0.2) is 0 Å². The van der Waals surface area contributed by atoms with E-state index in [1.807, 2.05) is 0 Å². The van der Waals surface area contributed by atoms with E-state index in [-0.39, 0.29) is 16.9 Å². The summed E-state index contributed by atoms with van der Waals surface area (Å²) in [6, 6.07) is 17.5. The summed E-state index contributed by atoms with van der Waals surface area (Å²) in [6.07, 6.45) is -4.73. The van der Waals surface area contributed by atoms with E-state index in [9.17, 15) is 21.6 Å². The summed E-state index contributed by atoms with van der Waals surface area (Å²) in [5, 5.41) is 0. The fourth-order valence-electron chi connectivity index (χ4n) is 2.80. The smallest absolute Gasteiger partial charge is 0.379 e. The summed E-state index contributed by atoms with van der Waals surface area (Å²) in [5.74, 6) is 0.0191. The van der Waals surface area contributed by atoms with Crippen LogP contribution in [0.2, 0.25) is 0 Å². The minimum atomic E-state index is -4.73. The number of halogens is 3. The maximum atomic E-state index is 13.8. The van der Waals surface area contributed by atoms with Gasteiger partial charge >= 0.3 is 16.3 Å². The molecule has 140 valence electrons. The molecule has 0 N–H and O–H groups in total. The molecule has 0 fully saturated rings. The molecule has 27 heavy (non-hydrogen) atoms. The molecule has 0 radical (unpaired) electrons. The van der Waals surface area contributed by atoms with Gasteiger partial charge in [-0.3, -0.25) is 0 Å². The van der Waals surface area contributed by atoms with E-state index in [0.717, 1.165) is 12.1 Å². The molecule has 0 atom stereocenters. The van der Waals surface area contributed by atoms with Crippen molar-refractivity contribution in [2.75, 3.05) is 0 Å². The van der Waals surface area contributed by atoms with Crippen molar-refractivity contribution in [1.82, 2.24) is 0 Å². The van der Waals surface area contributed by atoms with Crippen LogP contribution in [-0.2, 0) is 16.3 Å². The number of benzene rings is 3. The molecule has 0 aromatic heterocycles. The Kier molecular flexibility index (Phi) is 4.97. The lowest BCUT2D eigenvalue weighted by atomic mass is 9.95. The van der Waals surface area contributed by atoms with E-state index in [2.05, 4.69) is 0 Å². The molecule has 0 aliphatic rings. The zero-order valence-electron chi connectivity index (χ0n) is 14.2. The molecule has 0 heterocycles. The van der Waals surface area contributed by atoms with Gasteiger partial charge in [0.15, 0.2) is 0 Å². The van der Waals surface area contributed by atoms with Gasteiger partial charge in [0.1, 0.15) is 10.6 Å². The van der Waals surface area contributed by atoms with Crippen LogP contribution in [0.4, 0.5) is 13.2 Å². The summed E-state index contributed by atoms with van der Waals surface area (Å²) >= 11 is 0. The van der Waals surface area contributed by atoms with Crippen molar-refractivity contribution in [2.24, 2.45) is 0 Å². The van der Waals surface area contributed by atoms with Crippen molar-refractivity contribution in [3.8, 4) is 16.9 Å². The third-order valence-electron chi connectivity index (χ3n) is 3.94. The second kappa shape index (κ2) is 7.08. The Hall–Kier alpha value is -2.80. The first-order valence-corrected chi connectivity index (χ1v) is 9.37. The highest BCUT2D eigenvalue weighted by atomic mass is 32.2. The van der Waals surface area contributed by atoms with Crippen LogP contribution in [-0.4, -0.2) is 8.42 Å². The fraction of sp³-hybridized carbons (Fsp3) is 0.100. The van der Waals surface area contributed by atoms with Gasteiger partial charge in [-0.1, -0.05) is 54.6 Å². The average Bonchev–Trinajstić information content (AvgIpc) is 2.61. The first-order valence-electron chi connectivity index (χ1n) is 7.96. The summed E-state index contributed by atoms with van der Waals surface area (Å²) in [7, 11) is -4.49. The number of hydrogen-bond acceptors (Lipinski definition) is 3. The quantitative estimate of drug-likeness (QED) is 0.555. The molecule has 0 saturated carbocycles. The van der Waals surface area contributed by atoms with E-state index in [1.165, 1.54) is 31.2 Å². The SMILES string of the molecule is Cc1ccc(S(=O)(=O)Oc2ccccc2)c(-c2ccccc2)c1C(F)(F)F. The number of aryl methyl sites for hydroxylation is 1. The molecule has 7 heteroatoms. The van der Waals surface area contributed by atoms with Gasteiger partial charge in [-0.05, 0) is 36.2 Å². The van der Waals surface area contributed by atoms with Crippen molar-refractivity contribution in [3.63, 3.8) is 0 Å². The zero-order valence-corrected chi connectivity index (χ0v) is 15.0. The van der Waals surface area contributed by atoms with Crippen LogP contribution in [0.15, 0.2) is 77.7 Å². The van der Waals surface area contributed by atoms with E-state index in [0.29, 0.717) is 0 Å². The highest BCUT2D eigenvalue weighted by Gasteiger charge is 2.39. The van der Waals surface area contributed by atoms with E-state index in [4.69, 9.17) is 4.18 Å². The number of para-hydroxylation sites is 1. The monoisotopic (exact) mass is 392 g/mol. The fourth-order valence-corrected chi connectivity index (χ4v) is 3.96. The predicted molar refractivity (Wildman–Crippen MR) is 95.9 cm³/mol. The summed E-state index contributed by atoms with van der Waals surface area (Å²) < 4.78 is 71.9. The molecule has 0 saturated heterocycles. The number of rotatable bonds is 4. The molecule has 0 bridgehead atoms. The largest absolute Gasteiger partial charge is 0.417 e. The molecular formula is C20H15F3O3S. The van der Waals surface area contributed by atoms with Gasteiger partial charge in [0.2, 0.25) is 0 Å². The van der Waals surface area contributed by atoms with Crippen LogP contribution in [0, 0.1) is 6.92 Å². The van der Waals surface area contributed by atoms with Crippen molar-refractivity contribution in [3.05, 3.63) is 83.9 Å². The maximum Gasteiger partial charge on any atom is 0.417 e. The van der Waals surface area contributed by atoms with Crippen LogP contribution >= 0.6 is 0 Å². The Morgan fingerprint density at radius 1 is 0.815 bits per heavy atom. The second-order valence-electron chi connectivity index (χ2n) is 5.84. The molecule has 0 aliphatic carbocycles. The third kappa shape index (κ3) is 3.98. The molecule has 0 unspecified atom stereocenters. The van der Waals surface area contributed by atoms with Crippen molar-refractivity contribution in [1.29, 1.82) is 0 Å². The van der Waals surface area contributed by atoms with Gasteiger partial charge in [0, 0.05) is 5.56 Å². The second-order valence-corrected chi connectivity index (χ2v) is 7.36. The molecule has 0 spiro atoms. The van der Waals surface area contributed by atoms with Crippen LogP contribution in [0.25, 0.3) is 11.1 Å². The van der Waals surface area contributed by atoms with E-state index < -0.39 is 32.3 Å². The number of alkyl halides is 3. The van der Waals surface area contributed by atoms with Gasteiger partial charge in [0.05, 0.1) is 5.56 Å². The van der Waals surface area contributed by atoms with Crippen molar-refractivity contribution in [2.45, 2.75) is 18.0 Å². The van der Waals surface area contributed by atoms with Gasteiger partial charge in [-0.2, -0.15) is 21.6 Å². The molecule has 3 aromatic carbocycles. The molecule has 3 rings (SSSR count). The van der Waals surface area contributed by atoms with E-state index in [1.54, 1.807) is 36.4 Å².